The van der Waals surface area contributed by atoms with Crippen LogP contribution in [0.5, 0.6) is 0 Å². The molecule has 13 heavy (non-hydrogen) atoms. The Kier molecular flexibility index (Phi) is 3.40. The molecule has 0 aromatic carbocycles. The minimum Gasteiger partial charge on any atom is -0.292 e. The van der Waals surface area contributed by atoms with E-state index in [9.17, 15) is 14.9 Å². The first-order valence-corrected chi connectivity index (χ1v) is 5.40. The van der Waals surface area contributed by atoms with E-state index < -0.39 is 4.92 Å². The number of hydrogen-bond acceptors (Lipinski definition) is 4. The molecule has 70 valence electrons. The number of carbonyl (C=O) groups is 1. The lowest BCUT2D eigenvalue weighted by molar-refractivity contribution is -0.384. The van der Waals surface area contributed by atoms with E-state index in [0.29, 0.717) is 4.88 Å². The molecule has 0 atom stereocenters. The highest BCUT2D eigenvalue weighted by molar-refractivity contribution is 9.09. The van der Waals surface area contributed by atoms with Gasteiger partial charge in [0.2, 0.25) is 0 Å². The van der Waals surface area contributed by atoms with Gasteiger partial charge in [-0.05, 0) is 0 Å². The van der Waals surface area contributed by atoms with Crippen LogP contribution in [0.25, 0.3) is 0 Å². The molecular weight excluding hydrogens is 281 g/mol. The number of nitro groups is 1. The van der Waals surface area contributed by atoms with Crippen LogP contribution in [-0.4, -0.2) is 16.0 Å². The summed E-state index contributed by atoms with van der Waals surface area (Å²) in [5.41, 5.74) is -0.212. The summed E-state index contributed by atoms with van der Waals surface area (Å²) in [6.07, 6.45) is 0. The minimum atomic E-state index is -0.607. The van der Waals surface area contributed by atoms with E-state index in [4.69, 9.17) is 11.6 Å². The SMILES string of the molecule is O=C(CBr)c1cc([N+](=O)[O-])c(Cl)s1. The zero-order chi connectivity index (χ0) is 10.0. The zero-order valence-corrected chi connectivity index (χ0v) is 9.28. The molecular formula is C6H3BrClNO3S. The summed E-state index contributed by atoms with van der Waals surface area (Å²) in [5.74, 6) is -0.208. The first-order valence-electron chi connectivity index (χ1n) is 3.09. The second-order valence-corrected chi connectivity index (χ2v) is 4.30. The Morgan fingerprint density at radius 3 is 2.77 bits per heavy atom. The fraction of sp³-hybridized carbons (Fsp3) is 0.167. The van der Waals surface area contributed by atoms with Gasteiger partial charge in [0.25, 0.3) is 5.69 Å². The number of Topliss-reactive ketones (excluding diaryl/α,β-unsaturated/α-hetero) is 1. The summed E-state index contributed by atoms with van der Waals surface area (Å²) in [5, 5.41) is 10.5. The molecule has 7 heteroatoms. The number of carbonyl (C=O) groups excluding carboxylic acids is 1. The molecule has 0 aliphatic rings. The van der Waals surface area contributed by atoms with Gasteiger partial charge < -0.3 is 0 Å². The molecule has 0 amide bonds. The number of hydrogen-bond donors (Lipinski definition) is 0. The van der Waals surface area contributed by atoms with Crippen molar-refractivity contribution in [3.05, 3.63) is 25.4 Å². The van der Waals surface area contributed by atoms with E-state index in [1.165, 1.54) is 6.07 Å². The number of thiophene rings is 1. The van der Waals surface area contributed by atoms with Crippen LogP contribution < -0.4 is 0 Å². The predicted octanol–water partition coefficient (Wildman–Crippen LogP) is 2.89. The van der Waals surface area contributed by atoms with Gasteiger partial charge in [0, 0.05) is 6.07 Å². The van der Waals surface area contributed by atoms with Crippen molar-refractivity contribution in [1.29, 1.82) is 0 Å². The van der Waals surface area contributed by atoms with Gasteiger partial charge in [0.05, 0.1) is 15.1 Å². The van der Waals surface area contributed by atoms with Crippen molar-refractivity contribution < 1.29 is 9.72 Å². The molecule has 0 saturated heterocycles. The van der Waals surface area contributed by atoms with Gasteiger partial charge in [-0.15, -0.1) is 11.3 Å². The fourth-order valence-electron chi connectivity index (χ4n) is 0.687. The molecule has 1 aromatic heterocycles. The molecule has 0 spiro atoms. The van der Waals surface area contributed by atoms with Gasteiger partial charge in [0.1, 0.15) is 0 Å². The number of rotatable bonds is 3. The van der Waals surface area contributed by atoms with E-state index in [-0.39, 0.29) is 21.1 Å². The molecule has 0 N–H and O–H groups in total. The van der Waals surface area contributed by atoms with E-state index in [2.05, 4.69) is 15.9 Å². The summed E-state index contributed by atoms with van der Waals surface area (Å²) in [6, 6.07) is 1.19. The summed E-state index contributed by atoms with van der Waals surface area (Å²) in [7, 11) is 0. The first-order chi connectivity index (χ1) is 6.06. The Morgan fingerprint density at radius 2 is 2.38 bits per heavy atom. The summed E-state index contributed by atoms with van der Waals surface area (Å²) in [4.78, 5) is 21.1. The Balaban J connectivity index is 3.09. The lowest BCUT2D eigenvalue weighted by Gasteiger charge is -1.85. The topological polar surface area (TPSA) is 60.2 Å². The van der Waals surface area contributed by atoms with Gasteiger partial charge >= 0.3 is 0 Å². The van der Waals surface area contributed by atoms with E-state index >= 15 is 0 Å². The molecule has 4 nitrogen and oxygen atoms in total. The summed E-state index contributed by atoms with van der Waals surface area (Å²) >= 11 is 9.44. The predicted molar refractivity (Wildman–Crippen MR) is 54.1 cm³/mol. The molecule has 0 aliphatic heterocycles. The van der Waals surface area contributed by atoms with Crippen molar-refractivity contribution >= 4 is 50.3 Å². The molecule has 0 aliphatic carbocycles. The fourth-order valence-corrected chi connectivity index (χ4v) is 2.34. The molecule has 0 unspecified atom stereocenters. The van der Waals surface area contributed by atoms with Crippen LogP contribution in [0.1, 0.15) is 9.67 Å². The maximum atomic E-state index is 11.1. The van der Waals surface area contributed by atoms with Crippen molar-refractivity contribution in [3.8, 4) is 0 Å². The van der Waals surface area contributed by atoms with Gasteiger partial charge in [0.15, 0.2) is 10.1 Å². The molecule has 1 rings (SSSR count). The maximum Gasteiger partial charge on any atom is 0.299 e. The second kappa shape index (κ2) is 4.17. The van der Waals surface area contributed by atoms with Gasteiger partial charge in [-0.1, -0.05) is 27.5 Å². The largest absolute Gasteiger partial charge is 0.299 e. The second-order valence-electron chi connectivity index (χ2n) is 2.08. The highest BCUT2D eigenvalue weighted by Crippen LogP contribution is 2.33. The van der Waals surface area contributed by atoms with Crippen molar-refractivity contribution in [2.24, 2.45) is 0 Å². The normalized spacial score (nSPS) is 10.0. The van der Waals surface area contributed by atoms with E-state index in [0.717, 1.165) is 11.3 Å². The van der Waals surface area contributed by atoms with Crippen LogP contribution in [0.4, 0.5) is 5.69 Å². The number of alkyl halides is 1. The van der Waals surface area contributed by atoms with Crippen molar-refractivity contribution in [1.82, 2.24) is 0 Å². The third-order valence-electron chi connectivity index (χ3n) is 1.26. The van der Waals surface area contributed by atoms with Crippen molar-refractivity contribution in [2.45, 2.75) is 0 Å². The summed E-state index contributed by atoms with van der Waals surface area (Å²) < 4.78 is 0.0364. The lowest BCUT2D eigenvalue weighted by Crippen LogP contribution is -1.95. The monoisotopic (exact) mass is 283 g/mol. The molecule has 1 heterocycles. The van der Waals surface area contributed by atoms with Crippen LogP contribution in [0, 0.1) is 10.1 Å². The minimum absolute atomic E-state index is 0.0364. The van der Waals surface area contributed by atoms with Gasteiger partial charge in [-0.2, -0.15) is 0 Å². The molecule has 1 aromatic rings. The van der Waals surface area contributed by atoms with Crippen LogP contribution in [0.2, 0.25) is 4.34 Å². The Labute approximate surface area is 90.8 Å². The summed E-state index contributed by atoms with van der Waals surface area (Å²) in [6.45, 7) is 0. The van der Waals surface area contributed by atoms with Crippen molar-refractivity contribution in [2.75, 3.05) is 5.33 Å². The van der Waals surface area contributed by atoms with E-state index in [1.54, 1.807) is 0 Å². The quantitative estimate of drug-likeness (QED) is 0.371. The van der Waals surface area contributed by atoms with Crippen molar-refractivity contribution in [3.63, 3.8) is 0 Å². The average Bonchev–Trinajstić information content (AvgIpc) is 2.46. The third kappa shape index (κ3) is 2.26. The highest BCUT2D eigenvalue weighted by Gasteiger charge is 2.20. The highest BCUT2D eigenvalue weighted by atomic mass is 79.9. The maximum absolute atomic E-state index is 11.1. The zero-order valence-electron chi connectivity index (χ0n) is 6.12. The molecule has 0 fully saturated rings. The number of nitrogens with zero attached hydrogens (tertiary/aromatic N) is 1. The first kappa shape index (κ1) is 10.6. The standard InChI is InChI=1S/C6H3BrClNO3S/c7-2-4(10)5-1-3(9(11)12)6(8)13-5/h1H,2H2. The van der Waals surface area contributed by atoms with E-state index in [1.807, 2.05) is 0 Å². The van der Waals surface area contributed by atoms with Crippen LogP contribution in [-0.2, 0) is 0 Å². The number of halogens is 2. The van der Waals surface area contributed by atoms with Crippen LogP contribution in [0.3, 0.4) is 0 Å². The third-order valence-corrected chi connectivity index (χ3v) is 3.15. The van der Waals surface area contributed by atoms with Crippen LogP contribution >= 0.6 is 38.9 Å². The van der Waals surface area contributed by atoms with Gasteiger partial charge in [-0.3, -0.25) is 14.9 Å². The lowest BCUT2D eigenvalue weighted by atomic mass is 10.3. The average molecular weight is 285 g/mol. The molecule has 0 saturated carbocycles. The Hall–Kier alpha value is -0.460. The smallest absolute Gasteiger partial charge is 0.292 e. The Bertz CT molecular complexity index is 365. The Morgan fingerprint density at radius 1 is 1.77 bits per heavy atom. The van der Waals surface area contributed by atoms with Crippen LogP contribution in [0.15, 0.2) is 6.07 Å². The molecule has 0 radical (unpaired) electrons. The van der Waals surface area contributed by atoms with Gasteiger partial charge in [-0.25, -0.2) is 0 Å². The number of ketones is 1. The molecule has 0 bridgehead atoms.